The van der Waals surface area contributed by atoms with Gasteiger partial charge in [-0.1, -0.05) is 30.3 Å². The highest BCUT2D eigenvalue weighted by molar-refractivity contribution is 5.19. The van der Waals surface area contributed by atoms with E-state index in [2.05, 4.69) is 5.32 Å². The van der Waals surface area contributed by atoms with E-state index in [0.29, 0.717) is 6.61 Å². The van der Waals surface area contributed by atoms with Crippen molar-refractivity contribution in [3.63, 3.8) is 0 Å². The van der Waals surface area contributed by atoms with Crippen molar-refractivity contribution in [1.29, 1.82) is 0 Å². The summed E-state index contributed by atoms with van der Waals surface area (Å²) in [6.07, 6.45) is -3.59. The molecule has 1 aliphatic heterocycles. The molecule has 2 unspecified atom stereocenters. The second-order valence-electron chi connectivity index (χ2n) is 3.22. The van der Waals surface area contributed by atoms with Gasteiger partial charge in [-0.15, -0.1) is 0 Å². The van der Waals surface area contributed by atoms with Crippen LogP contribution in [0.5, 0.6) is 0 Å². The van der Waals surface area contributed by atoms with Gasteiger partial charge in [0.2, 0.25) is 0 Å². The van der Waals surface area contributed by atoms with Gasteiger partial charge in [-0.05, 0) is 5.56 Å². The monoisotopic (exact) mass is 199 g/mol. The van der Waals surface area contributed by atoms with Crippen LogP contribution in [0, 0.1) is 0 Å². The van der Waals surface area contributed by atoms with Crippen LogP contribution in [0.4, 0.5) is 8.78 Å². The van der Waals surface area contributed by atoms with Crippen molar-refractivity contribution in [3.05, 3.63) is 35.9 Å². The van der Waals surface area contributed by atoms with Crippen molar-refractivity contribution < 1.29 is 13.5 Å². The minimum Gasteiger partial charge on any atom is -0.355 e. The number of halogens is 2. The number of hydrogen-bond acceptors (Lipinski definition) is 2. The van der Waals surface area contributed by atoms with Gasteiger partial charge in [0, 0.05) is 0 Å². The van der Waals surface area contributed by atoms with E-state index >= 15 is 0 Å². The molecule has 0 spiro atoms. The van der Waals surface area contributed by atoms with E-state index in [1.54, 1.807) is 0 Å². The third kappa shape index (κ3) is 1.91. The third-order valence-corrected chi connectivity index (χ3v) is 2.24. The Morgan fingerprint density at radius 1 is 1.29 bits per heavy atom. The second-order valence-corrected chi connectivity index (χ2v) is 3.22. The third-order valence-electron chi connectivity index (χ3n) is 2.24. The summed E-state index contributed by atoms with van der Waals surface area (Å²) in [4.78, 5) is 0. The van der Waals surface area contributed by atoms with Crippen LogP contribution >= 0.6 is 0 Å². The number of nitrogens with one attached hydrogen (secondary N) is 1. The Labute approximate surface area is 80.9 Å². The van der Waals surface area contributed by atoms with Gasteiger partial charge in [0.25, 0.3) is 6.43 Å². The summed E-state index contributed by atoms with van der Waals surface area (Å²) in [5.74, 6) is 0. The lowest BCUT2D eigenvalue weighted by atomic mass is 10.1. The van der Waals surface area contributed by atoms with Gasteiger partial charge in [0.05, 0.1) is 12.6 Å². The molecular weight excluding hydrogens is 188 g/mol. The zero-order valence-electron chi connectivity index (χ0n) is 7.49. The fourth-order valence-electron chi connectivity index (χ4n) is 1.52. The molecule has 76 valence electrons. The minimum absolute atomic E-state index is 0.116. The zero-order valence-corrected chi connectivity index (χ0v) is 7.49. The summed E-state index contributed by atoms with van der Waals surface area (Å²) in [5.41, 5.74) is 0.982. The molecule has 1 N–H and O–H groups in total. The summed E-state index contributed by atoms with van der Waals surface area (Å²) < 4.78 is 29.4. The van der Waals surface area contributed by atoms with E-state index in [1.807, 2.05) is 30.3 Å². The van der Waals surface area contributed by atoms with Crippen molar-refractivity contribution in [2.24, 2.45) is 0 Å². The Kier molecular flexibility index (Phi) is 2.74. The number of benzene rings is 1. The molecule has 1 saturated heterocycles. The molecule has 0 aromatic heterocycles. The summed E-state index contributed by atoms with van der Waals surface area (Å²) in [5, 5.41) is 2.73. The average Bonchev–Trinajstić information content (AvgIpc) is 2.68. The Bertz CT molecular complexity index is 291. The van der Waals surface area contributed by atoms with Crippen molar-refractivity contribution in [3.8, 4) is 0 Å². The van der Waals surface area contributed by atoms with Crippen LogP contribution in [0.15, 0.2) is 30.3 Å². The molecule has 2 nitrogen and oxygen atoms in total. The first kappa shape index (κ1) is 9.55. The highest BCUT2D eigenvalue weighted by Crippen LogP contribution is 2.22. The lowest BCUT2D eigenvalue weighted by molar-refractivity contribution is -0.0315. The first-order valence-electron chi connectivity index (χ1n) is 4.48. The van der Waals surface area contributed by atoms with E-state index in [1.165, 1.54) is 0 Å². The normalized spacial score (nSPS) is 27.1. The smallest absolute Gasteiger partial charge is 0.277 e. The van der Waals surface area contributed by atoms with E-state index in [9.17, 15) is 8.78 Å². The first-order chi connectivity index (χ1) is 6.77. The van der Waals surface area contributed by atoms with Crippen molar-refractivity contribution in [2.45, 2.75) is 18.7 Å². The number of ether oxygens (including phenoxy) is 1. The van der Waals surface area contributed by atoms with E-state index in [0.717, 1.165) is 5.56 Å². The molecule has 0 aliphatic carbocycles. The maximum absolute atomic E-state index is 12.2. The second kappa shape index (κ2) is 4.02. The molecule has 1 aliphatic rings. The zero-order chi connectivity index (χ0) is 9.97. The summed E-state index contributed by atoms with van der Waals surface area (Å²) in [6, 6.07) is 9.34. The van der Waals surface area contributed by atoms with Crippen LogP contribution in [0.2, 0.25) is 0 Å². The summed E-state index contributed by atoms with van der Waals surface area (Å²) in [6.45, 7) is 0.305. The molecule has 14 heavy (non-hydrogen) atoms. The van der Waals surface area contributed by atoms with E-state index < -0.39 is 12.7 Å². The Morgan fingerprint density at radius 3 is 2.57 bits per heavy atom. The fraction of sp³-hybridized carbons (Fsp3) is 0.400. The van der Waals surface area contributed by atoms with E-state index in [4.69, 9.17) is 4.74 Å². The molecule has 1 aromatic carbocycles. The molecule has 1 aromatic rings. The van der Waals surface area contributed by atoms with Crippen LogP contribution in [0.3, 0.4) is 0 Å². The Morgan fingerprint density at radius 2 is 2.00 bits per heavy atom. The van der Waals surface area contributed by atoms with Gasteiger partial charge < -0.3 is 4.74 Å². The maximum atomic E-state index is 12.2. The van der Waals surface area contributed by atoms with Crippen molar-refractivity contribution in [1.82, 2.24) is 5.32 Å². The molecule has 0 saturated carbocycles. The highest BCUT2D eigenvalue weighted by Gasteiger charge is 2.31. The van der Waals surface area contributed by atoms with Gasteiger partial charge >= 0.3 is 0 Å². The molecule has 4 heteroatoms. The van der Waals surface area contributed by atoms with Gasteiger partial charge in [0.15, 0.2) is 6.23 Å². The molecule has 2 rings (SSSR count). The predicted octanol–water partition coefficient (Wildman–Crippen LogP) is 1.94. The van der Waals surface area contributed by atoms with Gasteiger partial charge in [0.1, 0.15) is 0 Å². The average molecular weight is 199 g/mol. The number of alkyl halides is 2. The maximum Gasteiger partial charge on any atom is 0.277 e. The van der Waals surface area contributed by atoms with Crippen LogP contribution in [-0.2, 0) is 4.74 Å². The van der Waals surface area contributed by atoms with Crippen LogP contribution in [-0.4, -0.2) is 19.3 Å². The number of hydrogen-bond donors (Lipinski definition) is 1. The summed E-state index contributed by atoms with van der Waals surface area (Å²) >= 11 is 0. The molecule has 1 heterocycles. The van der Waals surface area contributed by atoms with Crippen LogP contribution in [0.25, 0.3) is 0 Å². The van der Waals surface area contributed by atoms with E-state index in [-0.39, 0.29) is 6.04 Å². The molecular formula is C10H11F2NO. The SMILES string of the molecule is FC(F)C1NC(c2ccccc2)CO1. The molecule has 0 amide bonds. The largest absolute Gasteiger partial charge is 0.355 e. The topological polar surface area (TPSA) is 21.3 Å². The van der Waals surface area contributed by atoms with Crippen molar-refractivity contribution in [2.75, 3.05) is 6.61 Å². The predicted molar refractivity (Wildman–Crippen MR) is 48.1 cm³/mol. The highest BCUT2D eigenvalue weighted by atomic mass is 19.3. The molecule has 1 fully saturated rings. The fourth-order valence-corrected chi connectivity index (χ4v) is 1.52. The minimum atomic E-state index is -2.47. The molecule has 0 bridgehead atoms. The van der Waals surface area contributed by atoms with Crippen LogP contribution < -0.4 is 5.32 Å². The standard InChI is InChI=1S/C10H11F2NO/c11-9(12)10-13-8(6-14-10)7-4-2-1-3-5-7/h1-5,8-10,13H,6H2. The lowest BCUT2D eigenvalue weighted by Gasteiger charge is -2.11. The van der Waals surface area contributed by atoms with Gasteiger partial charge in [-0.2, -0.15) is 0 Å². The first-order valence-corrected chi connectivity index (χ1v) is 4.48. The van der Waals surface area contributed by atoms with Gasteiger partial charge in [-0.25, -0.2) is 8.78 Å². The lowest BCUT2D eigenvalue weighted by Crippen LogP contribution is -2.31. The summed E-state index contributed by atoms with van der Waals surface area (Å²) in [7, 11) is 0. The number of rotatable bonds is 2. The molecule has 2 atom stereocenters. The van der Waals surface area contributed by atoms with Crippen LogP contribution in [0.1, 0.15) is 11.6 Å². The molecule has 0 radical (unpaired) electrons. The Balaban J connectivity index is 2.03. The Hall–Kier alpha value is -1.00. The van der Waals surface area contributed by atoms with Gasteiger partial charge in [-0.3, -0.25) is 5.32 Å². The van der Waals surface area contributed by atoms with Crippen molar-refractivity contribution >= 4 is 0 Å². The quantitative estimate of drug-likeness (QED) is 0.785.